The van der Waals surface area contributed by atoms with Crippen molar-refractivity contribution in [2.45, 2.75) is 26.2 Å². The monoisotopic (exact) mass is 353 g/mol. The van der Waals surface area contributed by atoms with E-state index < -0.39 is 0 Å². The molecule has 130 valence electrons. The maximum atomic E-state index is 5.47. The number of hydrogen-bond acceptors (Lipinski definition) is 4. The topological polar surface area (TPSA) is 31.4 Å². The summed E-state index contributed by atoms with van der Waals surface area (Å²) in [5.74, 6) is 2.22. The average Bonchev–Trinajstić information content (AvgIpc) is 3.10. The van der Waals surface area contributed by atoms with E-state index in [2.05, 4.69) is 43.5 Å². The second-order valence-electron chi connectivity index (χ2n) is 6.26. The Bertz CT molecular complexity index is 837. The van der Waals surface area contributed by atoms with E-state index in [-0.39, 0.29) is 0 Å². The number of hydrogen-bond donors (Lipinski definition) is 0. The summed E-state index contributed by atoms with van der Waals surface area (Å²) in [6, 6.07) is 14.5. The number of thiazole rings is 1. The van der Waals surface area contributed by atoms with Crippen molar-refractivity contribution in [1.29, 1.82) is 0 Å². The molecule has 0 saturated heterocycles. The minimum Gasteiger partial charge on any atom is -0.497 e. The smallest absolute Gasteiger partial charge is 0.122 e. The van der Waals surface area contributed by atoms with Crippen LogP contribution in [0.4, 0.5) is 0 Å². The first-order chi connectivity index (χ1) is 12.1. The largest absolute Gasteiger partial charge is 0.497 e. The maximum absolute atomic E-state index is 5.47. The van der Waals surface area contributed by atoms with Gasteiger partial charge in [-0.3, -0.25) is 0 Å². The van der Waals surface area contributed by atoms with Gasteiger partial charge in [0.15, 0.2) is 0 Å². The van der Waals surface area contributed by atoms with E-state index in [1.807, 2.05) is 18.2 Å². The number of rotatable bonds is 6. The Balaban J connectivity index is 1.82. The fraction of sp³-hybridized carbons (Fsp3) is 0.286. The Kier molecular flexibility index (Phi) is 5.39. The second-order valence-corrected chi connectivity index (χ2v) is 7.21. The molecule has 1 aromatic heterocycles. The van der Waals surface area contributed by atoms with Gasteiger partial charge in [-0.1, -0.05) is 26.0 Å². The first kappa shape index (κ1) is 17.5. The van der Waals surface area contributed by atoms with Gasteiger partial charge in [0.1, 0.15) is 11.5 Å². The van der Waals surface area contributed by atoms with Gasteiger partial charge in [0.25, 0.3) is 0 Å². The lowest BCUT2D eigenvalue weighted by atomic mass is 9.98. The summed E-state index contributed by atoms with van der Waals surface area (Å²) in [6.45, 7) is 4.36. The van der Waals surface area contributed by atoms with Crippen LogP contribution in [-0.2, 0) is 6.42 Å². The molecule has 0 radical (unpaired) electrons. The van der Waals surface area contributed by atoms with Gasteiger partial charge in [0.05, 0.1) is 24.9 Å². The SMILES string of the molecule is COc1ccc(Cc2nc(-c3ccc(OC)c(C(C)C)c3)cs2)cc1. The van der Waals surface area contributed by atoms with Crippen LogP contribution in [-0.4, -0.2) is 19.2 Å². The molecule has 0 N–H and O–H groups in total. The van der Waals surface area contributed by atoms with Gasteiger partial charge in [-0.25, -0.2) is 4.98 Å². The highest BCUT2D eigenvalue weighted by Gasteiger charge is 2.11. The van der Waals surface area contributed by atoms with Crippen LogP contribution in [0, 0.1) is 0 Å². The van der Waals surface area contributed by atoms with Gasteiger partial charge in [0.2, 0.25) is 0 Å². The molecule has 0 unspecified atom stereocenters. The zero-order chi connectivity index (χ0) is 17.8. The lowest BCUT2D eigenvalue weighted by Gasteiger charge is -2.12. The summed E-state index contributed by atoms with van der Waals surface area (Å²) in [5.41, 5.74) is 4.61. The minimum atomic E-state index is 0.410. The lowest BCUT2D eigenvalue weighted by molar-refractivity contribution is 0.407. The van der Waals surface area contributed by atoms with Gasteiger partial charge >= 0.3 is 0 Å². The van der Waals surface area contributed by atoms with E-state index in [1.165, 1.54) is 11.1 Å². The number of nitrogens with zero attached hydrogens (tertiary/aromatic N) is 1. The summed E-state index contributed by atoms with van der Waals surface area (Å²) in [7, 11) is 3.40. The summed E-state index contributed by atoms with van der Waals surface area (Å²) in [5, 5.41) is 3.24. The van der Waals surface area contributed by atoms with Gasteiger partial charge in [-0.2, -0.15) is 0 Å². The molecule has 0 fully saturated rings. The molecule has 0 saturated carbocycles. The van der Waals surface area contributed by atoms with Crippen LogP contribution >= 0.6 is 11.3 Å². The fourth-order valence-corrected chi connectivity index (χ4v) is 3.63. The van der Waals surface area contributed by atoms with Crippen LogP contribution < -0.4 is 9.47 Å². The van der Waals surface area contributed by atoms with Crippen molar-refractivity contribution in [3.05, 3.63) is 64.0 Å². The van der Waals surface area contributed by atoms with Crippen LogP contribution in [0.5, 0.6) is 11.5 Å². The zero-order valence-corrected chi connectivity index (χ0v) is 15.9. The van der Waals surface area contributed by atoms with E-state index in [0.29, 0.717) is 5.92 Å². The number of benzene rings is 2. The number of ether oxygens (including phenoxy) is 2. The molecule has 0 bridgehead atoms. The molecule has 3 rings (SSSR count). The molecule has 0 spiro atoms. The average molecular weight is 353 g/mol. The van der Waals surface area contributed by atoms with Crippen LogP contribution in [0.25, 0.3) is 11.3 Å². The molecule has 0 aliphatic rings. The molecule has 25 heavy (non-hydrogen) atoms. The van der Waals surface area contributed by atoms with Gasteiger partial charge in [-0.05, 0) is 47.4 Å². The normalized spacial score (nSPS) is 10.9. The third-order valence-corrected chi connectivity index (χ3v) is 5.06. The third kappa shape index (κ3) is 4.02. The molecular formula is C21H23NO2S. The third-order valence-electron chi connectivity index (χ3n) is 4.21. The van der Waals surface area contributed by atoms with Gasteiger partial charge in [0, 0.05) is 17.4 Å². The van der Waals surface area contributed by atoms with Crippen LogP contribution in [0.3, 0.4) is 0 Å². The molecular weight excluding hydrogens is 330 g/mol. The standard InChI is InChI=1S/C21H23NO2S/c1-14(2)18-12-16(7-10-20(18)24-4)19-13-25-21(22-19)11-15-5-8-17(23-3)9-6-15/h5-10,12-14H,11H2,1-4H3. The fourth-order valence-electron chi connectivity index (χ4n) is 2.79. The Morgan fingerprint density at radius 3 is 2.40 bits per heavy atom. The highest BCUT2D eigenvalue weighted by atomic mass is 32.1. The first-order valence-electron chi connectivity index (χ1n) is 8.36. The first-order valence-corrected chi connectivity index (χ1v) is 9.24. The molecule has 2 aromatic carbocycles. The van der Waals surface area contributed by atoms with Gasteiger partial charge < -0.3 is 9.47 Å². The molecule has 3 nitrogen and oxygen atoms in total. The molecule has 4 heteroatoms. The van der Waals surface area contributed by atoms with E-state index in [1.54, 1.807) is 25.6 Å². The van der Waals surface area contributed by atoms with Crippen LogP contribution in [0.2, 0.25) is 0 Å². The summed E-state index contributed by atoms with van der Waals surface area (Å²) < 4.78 is 10.7. The summed E-state index contributed by atoms with van der Waals surface area (Å²) in [4.78, 5) is 4.82. The summed E-state index contributed by atoms with van der Waals surface area (Å²) in [6.07, 6.45) is 0.835. The maximum Gasteiger partial charge on any atom is 0.122 e. The lowest BCUT2D eigenvalue weighted by Crippen LogP contribution is -1.95. The Morgan fingerprint density at radius 2 is 1.76 bits per heavy atom. The van der Waals surface area contributed by atoms with Crippen molar-refractivity contribution < 1.29 is 9.47 Å². The zero-order valence-electron chi connectivity index (χ0n) is 15.1. The van der Waals surface area contributed by atoms with Crippen molar-refractivity contribution >= 4 is 11.3 Å². The predicted octanol–water partition coefficient (Wildman–Crippen LogP) is 5.54. The van der Waals surface area contributed by atoms with E-state index in [0.717, 1.165) is 34.2 Å². The van der Waals surface area contributed by atoms with Crippen LogP contribution in [0.15, 0.2) is 47.8 Å². The molecule has 0 aliphatic heterocycles. The highest BCUT2D eigenvalue weighted by Crippen LogP contribution is 2.32. The Morgan fingerprint density at radius 1 is 1.00 bits per heavy atom. The van der Waals surface area contributed by atoms with Crippen LogP contribution in [0.1, 0.15) is 35.9 Å². The van der Waals surface area contributed by atoms with Crippen molar-refractivity contribution in [3.63, 3.8) is 0 Å². The molecule has 0 aliphatic carbocycles. The molecule has 1 heterocycles. The number of aromatic nitrogens is 1. The van der Waals surface area contributed by atoms with E-state index in [4.69, 9.17) is 14.5 Å². The van der Waals surface area contributed by atoms with E-state index in [9.17, 15) is 0 Å². The summed E-state index contributed by atoms with van der Waals surface area (Å²) >= 11 is 1.70. The predicted molar refractivity (Wildman–Crippen MR) is 104 cm³/mol. The van der Waals surface area contributed by atoms with Crippen molar-refractivity contribution in [1.82, 2.24) is 4.98 Å². The molecule has 3 aromatic rings. The molecule has 0 amide bonds. The quantitative estimate of drug-likeness (QED) is 0.583. The van der Waals surface area contributed by atoms with Crippen molar-refractivity contribution in [2.24, 2.45) is 0 Å². The van der Waals surface area contributed by atoms with Gasteiger partial charge in [-0.15, -0.1) is 11.3 Å². The Labute approximate surface area is 153 Å². The van der Waals surface area contributed by atoms with Crippen molar-refractivity contribution in [2.75, 3.05) is 14.2 Å². The van der Waals surface area contributed by atoms with E-state index >= 15 is 0 Å². The second kappa shape index (κ2) is 7.70. The number of methoxy groups -OCH3 is 2. The highest BCUT2D eigenvalue weighted by molar-refractivity contribution is 7.10. The molecule has 0 atom stereocenters. The Hall–Kier alpha value is -2.33. The van der Waals surface area contributed by atoms with Crippen molar-refractivity contribution in [3.8, 4) is 22.8 Å². The minimum absolute atomic E-state index is 0.410.